The van der Waals surface area contributed by atoms with Gasteiger partial charge in [0.05, 0.1) is 10.6 Å². The van der Waals surface area contributed by atoms with Crippen molar-refractivity contribution in [1.29, 1.82) is 0 Å². The van der Waals surface area contributed by atoms with Crippen LogP contribution in [0.4, 0.5) is 0 Å². The summed E-state index contributed by atoms with van der Waals surface area (Å²) in [6.07, 6.45) is 4.74. The molecule has 1 aromatic rings. The van der Waals surface area contributed by atoms with E-state index < -0.39 is 5.60 Å². The van der Waals surface area contributed by atoms with Crippen molar-refractivity contribution in [3.05, 3.63) is 27.7 Å². The van der Waals surface area contributed by atoms with Crippen molar-refractivity contribution >= 4 is 23.2 Å². The smallest absolute Gasteiger partial charge is 0.139 e. The first-order valence-electron chi connectivity index (χ1n) is 7.15. The predicted octanol–water partition coefficient (Wildman–Crippen LogP) is 3.65. The van der Waals surface area contributed by atoms with E-state index in [0.29, 0.717) is 10.6 Å². The molecule has 1 saturated heterocycles. The van der Waals surface area contributed by atoms with Crippen LogP contribution in [0.2, 0.25) is 10.0 Å². The molecule has 3 nitrogen and oxygen atoms in total. The van der Waals surface area contributed by atoms with E-state index in [1.165, 1.54) is 6.07 Å². The Morgan fingerprint density at radius 3 is 2.80 bits per heavy atom. The predicted molar refractivity (Wildman–Crippen MR) is 80.4 cm³/mol. The van der Waals surface area contributed by atoms with Gasteiger partial charge in [-0.15, -0.1) is 0 Å². The van der Waals surface area contributed by atoms with Gasteiger partial charge in [-0.3, -0.25) is 0 Å². The molecule has 110 valence electrons. The zero-order valence-electron chi connectivity index (χ0n) is 11.2. The number of aromatic hydroxyl groups is 1. The fourth-order valence-electron chi connectivity index (χ4n) is 3.77. The summed E-state index contributed by atoms with van der Waals surface area (Å²) in [5.74, 6) is 0.175. The SMILES string of the molecule is Oc1c(Cl)cc(Cl)cc1[C@H]1NCC[C@@]2(O)CCCC[C@H]12. The number of nitrogens with one attached hydrogen (secondary N) is 1. The maximum absolute atomic E-state index is 10.9. The highest BCUT2D eigenvalue weighted by Crippen LogP contribution is 2.48. The second kappa shape index (κ2) is 5.38. The van der Waals surface area contributed by atoms with Crippen LogP contribution >= 0.6 is 23.2 Å². The van der Waals surface area contributed by atoms with Gasteiger partial charge in [-0.05, 0) is 37.9 Å². The molecule has 1 saturated carbocycles. The maximum atomic E-state index is 10.9. The van der Waals surface area contributed by atoms with E-state index in [1.54, 1.807) is 6.07 Å². The molecule has 1 heterocycles. The zero-order valence-corrected chi connectivity index (χ0v) is 12.7. The van der Waals surface area contributed by atoms with Crippen molar-refractivity contribution in [2.24, 2.45) is 5.92 Å². The Kier molecular flexibility index (Phi) is 3.89. The molecule has 0 spiro atoms. The van der Waals surface area contributed by atoms with Crippen LogP contribution in [0.3, 0.4) is 0 Å². The second-order valence-electron chi connectivity index (χ2n) is 5.96. The van der Waals surface area contributed by atoms with Crippen molar-refractivity contribution in [2.45, 2.75) is 43.7 Å². The summed E-state index contributed by atoms with van der Waals surface area (Å²) in [4.78, 5) is 0. The quantitative estimate of drug-likeness (QED) is 0.741. The molecular formula is C15H19Cl2NO2. The number of benzene rings is 1. The van der Waals surface area contributed by atoms with Gasteiger partial charge in [-0.1, -0.05) is 36.0 Å². The van der Waals surface area contributed by atoms with E-state index in [4.69, 9.17) is 23.2 Å². The topological polar surface area (TPSA) is 52.5 Å². The van der Waals surface area contributed by atoms with Crippen LogP contribution in [0.15, 0.2) is 12.1 Å². The van der Waals surface area contributed by atoms with Crippen molar-refractivity contribution in [2.75, 3.05) is 6.54 Å². The molecule has 5 heteroatoms. The first-order chi connectivity index (χ1) is 9.51. The number of rotatable bonds is 1. The minimum atomic E-state index is -0.630. The largest absolute Gasteiger partial charge is 0.506 e. The molecule has 2 aliphatic rings. The van der Waals surface area contributed by atoms with Gasteiger partial charge in [-0.25, -0.2) is 0 Å². The first kappa shape index (κ1) is 14.5. The normalized spacial score (nSPS) is 33.8. The highest BCUT2D eigenvalue weighted by molar-refractivity contribution is 6.35. The fraction of sp³-hybridized carbons (Fsp3) is 0.600. The van der Waals surface area contributed by atoms with Crippen LogP contribution in [0.5, 0.6) is 5.75 Å². The van der Waals surface area contributed by atoms with E-state index in [-0.39, 0.29) is 22.7 Å². The number of fused-ring (bicyclic) bond motifs is 1. The standard InChI is InChI=1S/C15H19Cl2NO2/c16-9-7-10(14(19)12(17)8-9)13-11-3-1-2-4-15(11,20)5-6-18-13/h7-8,11,13,18-20H,1-6H2/t11-,13-,15+/m1/s1. The molecule has 0 amide bonds. The van der Waals surface area contributed by atoms with Gasteiger partial charge in [0.15, 0.2) is 0 Å². The molecule has 0 aromatic heterocycles. The lowest BCUT2D eigenvalue weighted by atomic mass is 9.66. The maximum Gasteiger partial charge on any atom is 0.139 e. The monoisotopic (exact) mass is 315 g/mol. The Hall–Kier alpha value is -0.480. The Bertz CT molecular complexity index is 519. The molecule has 20 heavy (non-hydrogen) atoms. The number of halogens is 2. The average molecular weight is 316 g/mol. The average Bonchev–Trinajstić information content (AvgIpc) is 2.41. The van der Waals surface area contributed by atoms with Gasteiger partial charge in [-0.2, -0.15) is 0 Å². The molecular weight excluding hydrogens is 297 g/mol. The van der Waals surface area contributed by atoms with Gasteiger partial charge in [0.1, 0.15) is 5.75 Å². The fourth-order valence-corrected chi connectivity index (χ4v) is 4.28. The van der Waals surface area contributed by atoms with Crippen LogP contribution in [-0.4, -0.2) is 22.4 Å². The van der Waals surface area contributed by atoms with Gasteiger partial charge in [0.25, 0.3) is 0 Å². The molecule has 1 aromatic carbocycles. The summed E-state index contributed by atoms with van der Waals surface area (Å²) in [7, 11) is 0. The molecule has 0 unspecified atom stereocenters. The molecule has 0 radical (unpaired) electrons. The van der Waals surface area contributed by atoms with Crippen LogP contribution in [-0.2, 0) is 0 Å². The third kappa shape index (κ3) is 2.41. The van der Waals surface area contributed by atoms with Gasteiger partial charge in [0.2, 0.25) is 0 Å². The Labute approximate surface area is 128 Å². The van der Waals surface area contributed by atoms with Crippen molar-refractivity contribution in [3.8, 4) is 5.75 Å². The summed E-state index contributed by atoms with van der Waals surface area (Å²) in [6, 6.07) is 3.20. The molecule has 1 aliphatic carbocycles. The lowest BCUT2D eigenvalue weighted by molar-refractivity contribution is -0.0863. The van der Waals surface area contributed by atoms with Crippen molar-refractivity contribution in [3.63, 3.8) is 0 Å². The van der Waals surface area contributed by atoms with Crippen LogP contribution in [0, 0.1) is 5.92 Å². The third-order valence-corrected chi connectivity index (χ3v) is 5.29. The summed E-state index contributed by atoms with van der Waals surface area (Å²) >= 11 is 12.1. The lowest BCUT2D eigenvalue weighted by Crippen LogP contribution is -2.53. The molecule has 0 bridgehead atoms. The summed E-state index contributed by atoms with van der Waals surface area (Å²) in [6.45, 7) is 0.737. The number of aliphatic hydroxyl groups is 1. The van der Waals surface area contributed by atoms with Crippen LogP contribution < -0.4 is 5.32 Å². The lowest BCUT2D eigenvalue weighted by Gasteiger charge is -2.48. The van der Waals surface area contributed by atoms with Crippen molar-refractivity contribution < 1.29 is 10.2 Å². The van der Waals surface area contributed by atoms with Gasteiger partial charge in [0, 0.05) is 22.5 Å². The number of hydrogen-bond acceptors (Lipinski definition) is 3. The minimum absolute atomic E-state index is 0.0726. The number of piperidine rings is 1. The first-order valence-corrected chi connectivity index (χ1v) is 7.90. The molecule has 3 rings (SSSR count). The summed E-state index contributed by atoms with van der Waals surface area (Å²) in [5.41, 5.74) is 0.0718. The zero-order chi connectivity index (χ0) is 14.3. The van der Waals surface area contributed by atoms with E-state index >= 15 is 0 Å². The van der Waals surface area contributed by atoms with E-state index in [9.17, 15) is 10.2 Å². The second-order valence-corrected chi connectivity index (χ2v) is 6.81. The number of phenols is 1. The Morgan fingerprint density at radius 2 is 2.00 bits per heavy atom. The van der Waals surface area contributed by atoms with Crippen LogP contribution in [0.1, 0.15) is 43.7 Å². The number of hydrogen-bond donors (Lipinski definition) is 3. The summed E-state index contributed by atoms with van der Waals surface area (Å²) < 4.78 is 0. The van der Waals surface area contributed by atoms with Crippen molar-refractivity contribution in [1.82, 2.24) is 5.32 Å². The molecule has 2 fully saturated rings. The van der Waals surface area contributed by atoms with E-state index in [0.717, 1.165) is 38.6 Å². The summed E-state index contributed by atoms with van der Waals surface area (Å²) in [5, 5.41) is 25.3. The van der Waals surface area contributed by atoms with Gasteiger partial charge >= 0.3 is 0 Å². The van der Waals surface area contributed by atoms with Gasteiger partial charge < -0.3 is 15.5 Å². The molecule has 1 aliphatic heterocycles. The van der Waals surface area contributed by atoms with E-state index in [2.05, 4.69) is 5.32 Å². The highest BCUT2D eigenvalue weighted by atomic mass is 35.5. The Balaban J connectivity index is 2.00. The molecule has 3 N–H and O–H groups in total. The number of phenolic OH excluding ortho intramolecular Hbond substituents is 1. The van der Waals surface area contributed by atoms with E-state index in [1.807, 2.05) is 0 Å². The molecule has 3 atom stereocenters. The van der Waals surface area contributed by atoms with Crippen LogP contribution in [0.25, 0.3) is 0 Å². The minimum Gasteiger partial charge on any atom is -0.506 e. The third-order valence-electron chi connectivity index (χ3n) is 4.78. The highest BCUT2D eigenvalue weighted by Gasteiger charge is 2.46. The Morgan fingerprint density at radius 1 is 1.20 bits per heavy atom.